The maximum absolute atomic E-state index is 12.6. The Kier molecular flexibility index (Phi) is 8.07. The van der Waals surface area contributed by atoms with E-state index >= 15 is 0 Å². The van der Waals surface area contributed by atoms with Gasteiger partial charge in [0.25, 0.3) is 5.91 Å². The van der Waals surface area contributed by atoms with Crippen molar-refractivity contribution in [1.29, 1.82) is 5.26 Å². The Morgan fingerprint density at radius 3 is 2.34 bits per heavy atom. The molecule has 0 saturated carbocycles. The Morgan fingerprint density at radius 1 is 1.00 bits per heavy atom. The van der Waals surface area contributed by atoms with Gasteiger partial charge >= 0.3 is 5.97 Å². The predicted molar refractivity (Wildman–Crippen MR) is 126 cm³/mol. The zero-order valence-electron chi connectivity index (χ0n) is 18.0. The molecule has 3 aromatic carbocycles. The van der Waals surface area contributed by atoms with E-state index in [1.807, 2.05) is 42.5 Å². The van der Waals surface area contributed by atoms with Crippen LogP contribution in [0.3, 0.4) is 0 Å². The lowest BCUT2D eigenvalue weighted by atomic mass is 9.99. The van der Waals surface area contributed by atoms with Gasteiger partial charge in [-0.15, -0.1) is 0 Å². The van der Waals surface area contributed by atoms with Crippen molar-refractivity contribution in [2.24, 2.45) is 0 Å². The Morgan fingerprint density at radius 2 is 1.66 bits per heavy atom. The van der Waals surface area contributed by atoms with Crippen molar-refractivity contribution < 1.29 is 14.3 Å². The smallest absolute Gasteiger partial charge is 0.339 e. The average Bonchev–Trinajstić information content (AvgIpc) is 2.83. The van der Waals surface area contributed by atoms with Crippen LogP contribution >= 0.6 is 11.8 Å². The number of amides is 1. The number of anilines is 1. The van der Waals surface area contributed by atoms with E-state index in [0.717, 1.165) is 11.3 Å². The van der Waals surface area contributed by atoms with Gasteiger partial charge in [0.15, 0.2) is 6.61 Å². The molecule has 3 rings (SSSR count). The molecule has 0 radical (unpaired) electrons. The van der Waals surface area contributed by atoms with E-state index < -0.39 is 11.9 Å². The van der Waals surface area contributed by atoms with Crippen LogP contribution in [0, 0.1) is 11.3 Å². The molecule has 1 amide bonds. The third-order valence-electron chi connectivity index (χ3n) is 5.04. The van der Waals surface area contributed by atoms with Gasteiger partial charge in [-0.25, -0.2) is 4.79 Å². The van der Waals surface area contributed by atoms with Gasteiger partial charge in [0, 0.05) is 15.5 Å². The van der Waals surface area contributed by atoms with Crippen LogP contribution in [0.25, 0.3) is 0 Å². The summed E-state index contributed by atoms with van der Waals surface area (Å²) in [6.45, 7) is 3.90. The predicted octanol–water partition coefficient (Wildman–Crippen LogP) is 6.02. The van der Waals surface area contributed by atoms with Gasteiger partial charge in [-0.2, -0.15) is 5.26 Å². The normalized spacial score (nSPS) is 11.3. The molecule has 1 atom stereocenters. The molecule has 0 aliphatic carbocycles. The first-order valence-electron chi connectivity index (χ1n) is 10.3. The number of hydrogen-bond acceptors (Lipinski definition) is 5. The summed E-state index contributed by atoms with van der Waals surface area (Å²) in [4.78, 5) is 26.3. The highest BCUT2D eigenvalue weighted by Gasteiger charge is 2.16. The van der Waals surface area contributed by atoms with Gasteiger partial charge in [0.1, 0.15) is 6.07 Å². The van der Waals surface area contributed by atoms with Crippen LogP contribution in [-0.4, -0.2) is 18.5 Å². The minimum Gasteiger partial charge on any atom is -0.452 e. The summed E-state index contributed by atoms with van der Waals surface area (Å²) in [5.41, 5.74) is 2.74. The van der Waals surface area contributed by atoms with Crippen molar-refractivity contribution in [2.45, 2.75) is 36.0 Å². The van der Waals surface area contributed by atoms with Crippen molar-refractivity contribution in [2.75, 3.05) is 11.9 Å². The Balaban J connectivity index is 1.62. The number of nitrogens with zero attached hydrogens (tertiary/aromatic N) is 1. The SMILES string of the molecule is CC[C@H](C)c1ccc(NC(=O)COC(=O)c2ccccc2Sc2ccccc2C#N)cc1. The van der Waals surface area contributed by atoms with Crippen molar-refractivity contribution in [3.8, 4) is 6.07 Å². The summed E-state index contributed by atoms with van der Waals surface area (Å²) >= 11 is 1.31. The minimum absolute atomic E-state index is 0.343. The molecule has 0 saturated heterocycles. The van der Waals surface area contributed by atoms with Gasteiger partial charge in [-0.1, -0.05) is 62.0 Å². The molecule has 0 spiro atoms. The van der Waals surface area contributed by atoms with E-state index in [1.54, 1.807) is 30.3 Å². The van der Waals surface area contributed by atoms with Gasteiger partial charge in [0.2, 0.25) is 0 Å². The van der Waals surface area contributed by atoms with Crippen LogP contribution in [-0.2, 0) is 9.53 Å². The van der Waals surface area contributed by atoms with Gasteiger partial charge < -0.3 is 10.1 Å². The molecule has 6 heteroatoms. The fourth-order valence-electron chi connectivity index (χ4n) is 3.03. The third-order valence-corrected chi connectivity index (χ3v) is 6.20. The number of rotatable bonds is 8. The first kappa shape index (κ1) is 23.1. The van der Waals surface area contributed by atoms with E-state index in [1.165, 1.54) is 17.3 Å². The zero-order chi connectivity index (χ0) is 22.9. The first-order chi connectivity index (χ1) is 15.5. The number of hydrogen-bond donors (Lipinski definition) is 1. The summed E-state index contributed by atoms with van der Waals surface area (Å²) in [5, 5.41) is 12.0. The molecule has 1 N–H and O–H groups in total. The molecule has 0 aliphatic rings. The molecule has 0 unspecified atom stereocenters. The zero-order valence-corrected chi connectivity index (χ0v) is 18.8. The molecule has 162 valence electrons. The Labute approximate surface area is 192 Å². The Hall–Kier alpha value is -3.56. The highest BCUT2D eigenvalue weighted by molar-refractivity contribution is 7.99. The molecule has 0 aromatic heterocycles. The second kappa shape index (κ2) is 11.2. The summed E-state index contributed by atoms with van der Waals surface area (Å²) in [6.07, 6.45) is 1.05. The molecule has 5 nitrogen and oxygen atoms in total. The highest BCUT2D eigenvalue weighted by atomic mass is 32.2. The minimum atomic E-state index is -0.593. The summed E-state index contributed by atoms with van der Waals surface area (Å²) in [5.74, 6) is -0.543. The molecular formula is C26H24N2O3S. The lowest BCUT2D eigenvalue weighted by molar-refractivity contribution is -0.119. The number of carbonyl (C=O) groups is 2. The number of ether oxygens (including phenoxy) is 1. The maximum atomic E-state index is 12.6. The third kappa shape index (κ3) is 5.99. The molecule has 0 aliphatic heterocycles. The van der Waals surface area contributed by atoms with Crippen molar-refractivity contribution >= 4 is 29.3 Å². The second-order valence-corrected chi connectivity index (χ2v) is 8.35. The van der Waals surface area contributed by atoms with Crippen LogP contribution in [0.2, 0.25) is 0 Å². The fourth-order valence-corrected chi connectivity index (χ4v) is 4.04. The summed E-state index contributed by atoms with van der Waals surface area (Å²) < 4.78 is 5.25. The standard InChI is InChI=1S/C26H24N2O3S/c1-3-18(2)19-12-14-21(15-13-19)28-25(29)17-31-26(30)22-9-5-7-11-24(22)32-23-10-6-4-8-20(23)16-27/h4-15,18H,3,17H2,1-2H3,(H,28,29)/t18-/m0/s1. The number of esters is 1. The highest BCUT2D eigenvalue weighted by Crippen LogP contribution is 2.32. The quantitative estimate of drug-likeness (QED) is 0.430. The van der Waals surface area contributed by atoms with E-state index in [0.29, 0.717) is 27.6 Å². The molecule has 0 bridgehead atoms. The molecular weight excluding hydrogens is 420 g/mol. The van der Waals surface area contributed by atoms with E-state index in [4.69, 9.17) is 4.74 Å². The van der Waals surface area contributed by atoms with Crippen molar-refractivity contribution in [3.63, 3.8) is 0 Å². The lowest BCUT2D eigenvalue weighted by Crippen LogP contribution is -2.21. The summed E-state index contributed by atoms with van der Waals surface area (Å²) in [7, 11) is 0. The van der Waals surface area contributed by atoms with Crippen molar-refractivity contribution in [3.05, 3.63) is 89.5 Å². The van der Waals surface area contributed by atoms with Gasteiger partial charge in [-0.05, 0) is 54.3 Å². The fraction of sp³-hybridized carbons (Fsp3) is 0.192. The van der Waals surface area contributed by atoms with Gasteiger partial charge in [0.05, 0.1) is 11.1 Å². The number of nitrogens with one attached hydrogen (secondary N) is 1. The monoisotopic (exact) mass is 444 g/mol. The molecule has 3 aromatic rings. The lowest BCUT2D eigenvalue weighted by Gasteiger charge is -2.12. The first-order valence-corrected chi connectivity index (χ1v) is 11.2. The molecule has 0 heterocycles. The largest absolute Gasteiger partial charge is 0.452 e. The summed E-state index contributed by atoms with van der Waals surface area (Å²) in [6, 6.07) is 24.0. The van der Waals surface area contributed by atoms with Crippen LogP contribution in [0.15, 0.2) is 82.6 Å². The Bertz CT molecular complexity index is 1140. The van der Waals surface area contributed by atoms with E-state index in [9.17, 15) is 14.9 Å². The molecule has 32 heavy (non-hydrogen) atoms. The second-order valence-electron chi connectivity index (χ2n) is 7.26. The number of carbonyl (C=O) groups excluding carboxylic acids is 2. The van der Waals surface area contributed by atoms with Crippen molar-refractivity contribution in [1.82, 2.24) is 0 Å². The van der Waals surface area contributed by atoms with Crippen LogP contribution in [0.5, 0.6) is 0 Å². The van der Waals surface area contributed by atoms with Gasteiger partial charge in [-0.3, -0.25) is 4.79 Å². The molecule has 0 fully saturated rings. The van der Waals surface area contributed by atoms with Crippen LogP contribution in [0.1, 0.15) is 47.7 Å². The van der Waals surface area contributed by atoms with Crippen LogP contribution < -0.4 is 5.32 Å². The van der Waals surface area contributed by atoms with E-state index in [2.05, 4.69) is 25.2 Å². The number of benzene rings is 3. The average molecular weight is 445 g/mol. The van der Waals surface area contributed by atoms with E-state index in [-0.39, 0.29) is 6.61 Å². The topological polar surface area (TPSA) is 79.2 Å². The van der Waals surface area contributed by atoms with Crippen LogP contribution in [0.4, 0.5) is 5.69 Å². The maximum Gasteiger partial charge on any atom is 0.339 e. The number of nitriles is 1.